The molecule has 3 N–H and O–H groups in total. The van der Waals surface area contributed by atoms with Gasteiger partial charge in [-0.05, 0) is 65.9 Å². The third-order valence-electron chi connectivity index (χ3n) is 3.65. The summed E-state index contributed by atoms with van der Waals surface area (Å²) in [6.07, 6.45) is 3.31. The second-order valence-electron chi connectivity index (χ2n) is 4.99. The zero-order chi connectivity index (χ0) is 13.1. The van der Waals surface area contributed by atoms with Gasteiger partial charge in [-0.15, -0.1) is 12.4 Å². The SMILES string of the molecule is Cc1ccc(C(=O)NC2CCCC2CN)c(Br)c1.Cl. The number of carbonyl (C=O) groups is 1. The predicted octanol–water partition coefficient (Wildman–Crippen LogP) is 3.04. The maximum atomic E-state index is 12.2. The Labute approximate surface area is 128 Å². The molecule has 0 heterocycles. The maximum Gasteiger partial charge on any atom is 0.252 e. The molecule has 0 spiro atoms. The van der Waals surface area contributed by atoms with Crippen molar-refractivity contribution in [1.82, 2.24) is 5.32 Å². The van der Waals surface area contributed by atoms with Gasteiger partial charge in [-0.3, -0.25) is 4.79 Å². The normalized spacial score (nSPS) is 21.8. The van der Waals surface area contributed by atoms with Gasteiger partial charge in [0.2, 0.25) is 0 Å². The highest BCUT2D eigenvalue weighted by atomic mass is 79.9. The van der Waals surface area contributed by atoms with Gasteiger partial charge in [0.05, 0.1) is 5.56 Å². The molecule has 1 aromatic rings. The number of aryl methyl sites for hydroxylation is 1. The highest BCUT2D eigenvalue weighted by Gasteiger charge is 2.27. The Kier molecular flexibility index (Phi) is 6.30. The fourth-order valence-corrected chi connectivity index (χ4v) is 3.23. The van der Waals surface area contributed by atoms with E-state index in [0.29, 0.717) is 18.0 Å². The van der Waals surface area contributed by atoms with E-state index in [1.807, 2.05) is 25.1 Å². The molecule has 106 valence electrons. The summed E-state index contributed by atoms with van der Waals surface area (Å²) in [5.41, 5.74) is 7.56. The Morgan fingerprint density at radius 2 is 2.21 bits per heavy atom. The van der Waals surface area contributed by atoms with Gasteiger partial charge in [0.15, 0.2) is 0 Å². The first kappa shape index (κ1) is 16.5. The zero-order valence-electron chi connectivity index (χ0n) is 11.0. The maximum absolute atomic E-state index is 12.2. The van der Waals surface area contributed by atoms with Crippen LogP contribution in [0.4, 0.5) is 0 Å². The van der Waals surface area contributed by atoms with Crippen molar-refractivity contribution < 1.29 is 4.79 Å². The number of hydrogen-bond donors (Lipinski definition) is 2. The van der Waals surface area contributed by atoms with Crippen molar-refractivity contribution in [2.75, 3.05) is 6.54 Å². The van der Waals surface area contributed by atoms with Crippen molar-refractivity contribution in [3.8, 4) is 0 Å². The summed E-state index contributed by atoms with van der Waals surface area (Å²) in [5.74, 6) is 0.422. The Morgan fingerprint density at radius 1 is 1.47 bits per heavy atom. The molecule has 0 saturated heterocycles. The Hall–Kier alpha value is -0.580. The number of nitrogens with two attached hydrogens (primary N) is 1. The Balaban J connectivity index is 0.00000180. The van der Waals surface area contributed by atoms with Crippen LogP contribution in [0.15, 0.2) is 22.7 Å². The molecular formula is C14H20BrClN2O. The number of halogens is 2. The molecule has 1 amide bonds. The van der Waals surface area contributed by atoms with E-state index in [4.69, 9.17) is 5.73 Å². The van der Waals surface area contributed by atoms with Crippen molar-refractivity contribution in [3.05, 3.63) is 33.8 Å². The molecule has 0 aliphatic heterocycles. The molecule has 1 aliphatic carbocycles. The highest BCUT2D eigenvalue weighted by Crippen LogP contribution is 2.25. The van der Waals surface area contributed by atoms with Crippen LogP contribution in [-0.4, -0.2) is 18.5 Å². The Morgan fingerprint density at radius 3 is 2.84 bits per heavy atom. The average Bonchev–Trinajstić information content (AvgIpc) is 2.76. The summed E-state index contributed by atoms with van der Waals surface area (Å²) in [4.78, 5) is 12.2. The monoisotopic (exact) mass is 346 g/mol. The van der Waals surface area contributed by atoms with Gasteiger partial charge in [0.25, 0.3) is 5.91 Å². The van der Waals surface area contributed by atoms with Crippen LogP contribution in [0.3, 0.4) is 0 Å². The Bertz CT molecular complexity index is 453. The molecule has 1 aromatic carbocycles. The highest BCUT2D eigenvalue weighted by molar-refractivity contribution is 9.10. The van der Waals surface area contributed by atoms with Crippen molar-refractivity contribution in [2.24, 2.45) is 11.7 Å². The second-order valence-corrected chi connectivity index (χ2v) is 5.84. The quantitative estimate of drug-likeness (QED) is 0.883. The topological polar surface area (TPSA) is 55.1 Å². The first-order valence-electron chi connectivity index (χ1n) is 6.39. The third-order valence-corrected chi connectivity index (χ3v) is 4.30. The standard InChI is InChI=1S/C14H19BrN2O.ClH/c1-9-5-6-11(12(15)7-9)14(18)17-13-4-2-3-10(13)8-16;/h5-7,10,13H,2-4,8,16H2,1H3,(H,17,18);1H. The third kappa shape index (κ3) is 3.94. The average molecular weight is 348 g/mol. The molecule has 19 heavy (non-hydrogen) atoms. The lowest BCUT2D eigenvalue weighted by Crippen LogP contribution is -2.40. The lowest BCUT2D eigenvalue weighted by Gasteiger charge is -2.19. The van der Waals surface area contributed by atoms with Crippen LogP contribution >= 0.6 is 28.3 Å². The van der Waals surface area contributed by atoms with E-state index in [9.17, 15) is 4.79 Å². The summed E-state index contributed by atoms with van der Waals surface area (Å²) in [6, 6.07) is 6.01. The van der Waals surface area contributed by atoms with Crippen LogP contribution in [0.5, 0.6) is 0 Å². The molecule has 2 atom stereocenters. The summed E-state index contributed by atoms with van der Waals surface area (Å²) in [5, 5.41) is 3.11. The molecule has 1 saturated carbocycles. The van der Waals surface area contributed by atoms with Crippen molar-refractivity contribution >= 4 is 34.2 Å². The van der Waals surface area contributed by atoms with E-state index in [2.05, 4.69) is 21.2 Å². The lowest BCUT2D eigenvalue weighted by molar-refractivity contribution is 0.0928. The van der Waals surface area contributed by atoms with E-state index >= 15 is 0 Å². The van der Waals surface area contributed by atoms with Gasteiger partial charge < -0.3 is 11.1 Å². The molecule has 1 aliphatic rings. The van der Waals surface area contributed by atoms with Gasteiger partial charge in [0, 0.05) is 10.5 Å². The summed E-state index contributed by atoms with van der Waals surface area (Å²) in [7, 11) is 0. The number of carbonyl (C=O) groups excluding carboxylic acids is 1. The van der Waals surface area contributed by atoms with Crippen LogP contribution in [0, 0.1) is 12.8 Å². The second kappa shape index (κ2) is 7.27. The fraction of sp³-hybridized carbons (Fsp3) is 0.500. The molecule has 0 aromatic heterocycles. The number of benzene rings is 1. The van der Waals surface area contributed by atoms with Crippen LogP contribution in [0.2, 0.25) is 0 Å². The molecule has 3 nitrogen and oxygen atoms in total. The van der Waals surface area contributed by atoms with Crippen molar-refractivity contribution in [2.45, 2.75) is 32.2 Å². The smallest absolute Gasteiger partial charge is 0.252 e. The molecule has 2 rings (SSSR count). The van der Waals surface area contributed by atoms with Crippen molar-refractivity contribution in [1.29, 1.82) is 0 Å². The lowest BCUT2D eigenvalue weighted by atomic mass is 10.0. The molecule has 5 heteroatoms. The molecular weight excluding hydrogens is 328 g/mol. The molecule has 0 radical (unpaired) electrons. The predicted molar refractivity (Wildman–Crippen MR) is 83.8 cm³/mol. The summed E-state index contributed by atoms with van der Waals surface area (Å²) < 4.78 is 0.849. The summed E-state index contributed by atoms with van der Waals surface area (Å²) in [6.45, 7) is 2.66. The minimum atomic E-state index is -0.00720. The minimum absolute atomic E-state index is 0. The number of hydrogen-bond acceptors (Lipinski definition) is 2. The first-order valence-corrected chi connectivity index (χ1v) is 7.18. The van der Waals surface area contributed by atoms with Crippen LogP contribution in [0.25, 0.3) is 0 Å². The van der Waals surface area contributed by atoms with Crippen LogP contribution in [-0.2, 0) is 0 Å². The van der Waals surface area contributed by atoms with E-state index in [-0.39, 0.29) is 24.4 Å². The molecule has 1 fully saturated rings. The van der Waals surface area contributed by atoms with E-state index in [1.165, 1.54) is 0 Å². The van der Waals surface area contributed by atoms with E-state index < -0.39 is 0 Å². The van der Waals surface area contributed by atoms with E-state index in [0.717, 1.165) is 29.3 Å². The van der Waals surface area contributed by atoms with Crippen molar-refractivity contribution in [3.63, 3.8) is 0 Å². The number of amides is 1. The van der Waals surface area contributed by atoms with Gasteiger partial charge in [-0.1, -0.05) is 12.5 Å². The van der Waals surface area contributed by atoms with Crippen LogP contribution in [0.1, 0.15) is 35.2 Å². The van der Waals surface area contributed by atoms with Gasteiger partial charge >= 0.3 is 0 Å². The van der Waals surface area contributed by atoms with Crippen LogP contribution < -0.4 is 11.1 Å². The van der Waals surface area contributed by atoms with E-state index in [1.54, 1.807) is 0 Å². The van der Waals surface area contributed by atoms with Gasteiger partial charge in [-0.2, -0.15) is 0 Å². The molecule has 0 bridgehead atoms. The first-order chi connectivity index (χ1) is 8.61. The minimum Gasteiger partial charge on any atom is -0.349 e. The zero-order valence-corrected chi connectivity index (χ0v) is 13.4. The van der Waals surface area contributed by atoms with Gasteiger partial charge in [0.1, 0.15) is 0 Å². The fourth-order valence-electron chi connectivity index (χ4n) is 2.56. The molecule has 2 unspecified atom stereocenters. The largest absolute Gasteiger partial charge is 0.349 e. The summed E-state index contributed by atoms with van der Waals surface area (Å²) >= 11 is 3.44. The number of nitrogens with one attached hydrogen (secondary N) is 1. The van der Waals surface area contributed by atoms with Gasteiger partial charge in [-0.25, -0.2) is 0 Å². The number of rotatable bonds is 3.